The number of nitrogens with one attached hydrogen (secondary N) is 1. The van der Waals surface area contributed by atoms with Gasteiger partial charge in [0.15, 0.2) is 0 Å². The Morgan fingerprint density at radius 1 is 1.71 bits per heavy atom. The maximum absolute atomic E-state index is 5.57. The predicted molar refractivity (Wildman–Crippen MR) is 31.7 cm³/mol. The van der Waals surface area contributed by atoms with E-state index in [-0.39, 0.29) is 0 Å². The molecule has 1 fully saturated rings. The summed E-state index contributed by atoms with van der Waals surface area (Å²) >= 11 is 5.57. The van der Waals surface area contributed by atoms with Crippen molar-refractivity contribution in [2.45, 2.75) is 6.42 Å². The van der Waals surface area contributed by atoms with Gasteiger partial charge in [0.25, 0.3) is 0 Å². The highest BCUT2D eigenvalue weighted by Crippen LogP contribution is 2.07. The SMILES string of the molecule is ClC[C@H]1CCNC1. The predicted octanol–water partition coefficient (Wildman–Crippen LogP) is 0.835. The Morgan fingerprint density at radius 3 is 2.86 bits per heavy atom. The van der Waals surface area contributed by atoms with Crippen molar-refractivity contribution in [3.05, 3.63) is 0 Å². The highest BCUT2D eigenvalue weighted by Gasteiger charge is 2.11. The minimum absolute atomic E-state index is 0.752. The van der Waals surface area contributed by atoms with Gasteiger partial charge in [-0.25, -0.2) is 0 Å². The first-order valence-corrected chi connectivity index (χ1v) is 3.23. The summed E-state index contributed by atoms with van der Waals surface area (Å²) in [5.41, 5.74) is 0. The number of hydrogen-bond acceptors (Lipinski definition) is 1. The highest BCUT2D eigenvalue weighted by molar-refractivity contribution is 6.18. The quantitative estimate of drug-likeness (QED) is 0.505. The van der Waals surface area contributed by atoms with E-state index in [1.807, 2.05) is 0 Å². The average molecular weight is 120 g/mol. The zero-order chi connectivity index (χ0) is 5.11. The third-order valence-electron chi connectivity index (χ3n) is 1.38. The Hall–Kier alpha value is 0.250. The van der Waals surface area contributed by atoms with Gasteiger partial charge in [-0.15, -0.1) is 11.6 Å². The minimum atomic E-state index is 0.752. The molecule has 1 heterocycles. The molecule has 1 aliphatic rings. The Balaban J connectivity index is 2.14. The first-order valence-electron chi connectivity index (χ1n) is 2.70. The number of halogens is 1. The van der Waals surface area contributed by atoms with Crippen LogP contribution in [0.4, 0.5) is 0 Å². The molecule has 1 saturated heterocycles. The fourth-order valence-electron chi connectivity index (χ4n) is 0.846. The number of alkyl halides is 1. The Labute approximate surface area is 49.0 Å². The lowest BCUT2D eigenvalue weighted by Gasteiger charge is -1.97. The van der Waals surface area contributed by atoms with Crippen LogP contribution >= 0.6 is 11.6 Å². The molecule has 0 unspecified atom stereocenters. The van der Waals surface area contributed by atoms with E-state index in [0.29, 0.717) is 0 Å². The fraction of sp³-hybridized carbons (Fsp3) is 1.00. The highest BCUT2D eigenvalue weighted by atomic mass is 35.5. The molecule has 1 atom stereocenters. The van der Waals surface area contributed by atoms with E-state index < -0.39 is 0 Å². The molecular weight excluding hydrogens is 110 g/mol. The van der Waals surface area contributed by atoms with Crippen molar-refractivity contribution in [3.8, 4) is 0 Å². The normalized spacial score (nSPS) is 31.3. The van der Waals surface area contributed by atoms with Crippen LogP contribution in [0.2, 0.25) is 0 Å². The lowest BCUT2D eigenvalue weighted by molar-refractivity contribution is 0.658. The molecule has 0 spiro atoms. The summed E-state index contributed by atoms with van der Waals surface area (Å²) in [5, 5.41) is 3.24. The molecule has 1 aliphatic heterocycles. The van der Waals surface area contributed by atoms with Crippen LogP contribution < -0.4 is 5.32 Å². The lowest BCUT2D eigenvalue weighted by atomic mass is 10.2. The van der Waals surface area contributed by atoms with E-state index in [2.05, 4.69) is 5.32 Å². The first-order chi connectivity index (χ1) is 3.43. The van der Waals surface area contributed by atoms with Gasteiger partial charge < -0.3 is 5.32 Å². The molecule has 0 aliphatic carbocycles. The third-order valence-corrected chi connectivity index (χ3v) is 1.82. The van der Waals surface area contributed by atoms with Crippen molar-refractivity contribution in [2.24, 2.45) is 5.92 Å². The van der Waals surface area contributed by atoms with Gasteiger partial charge in [-0.1, -0.05) is 0 Å². The van der Waals surface area contributed by atoms with Crippen molar-refractivity contribution in [3.63, 3.8) is 0 Å². The van der Waals surface area contributed by atoms with Gasteiger partial charge >= 0.3 is 0 Å². The summed E-state index contributed by atoms with van der Waals surface area (Å²) in [5.74, 6) is 1.58. The molecular formula is C5H10ClN. The second-order valence-electron chi connectivity index (χ2n) is 2.01. The van der Waals surface area contributed by atoms with Crippen LogP contribution in [0.3, 0.4) is 0 Å². The van der Waals surface area contributed by atoms with Gasteiger partial charge in [-0.2, -0.15) is 0 Å². The smallest absolute Gasteiger partial charge is 0.0264 e. The van der Waals surface area contributed by atoms with Crippen LogP contribution in [0, 0.1) is 5.92 Å². The van der Waals surface area contributed by atoms with E-state index in [0.717, 1.165) is 24.9 Å². The maximum atomic E-state index is 5.57. The van der Waals surface area contributed by atoms with Crippen LogP contribution in [0.5, 0.6) is 0 Å². The van der Waals surface area contributed by atoms with Gasteiger partial charge in [0.1, 0.15) is 0 Å². The molecule has 1 N–H and O–H groups in total. The molecule has 2 heteroatoms. The summed E-state index contributed by atoms with van der Waals surface area (Å²) in [4.78, 5) is 0. The van der Waals surface area contributed by atoms with E-state index in [4.69, 9.17) is 11.6 Å². The molecule has 0 radical (unpaired) electrons. The summed E-state index contributed by atoms with van der Waals surface area (Å²) in [7, 11) is 0. The molecule has 7 heavy (non-hydrogen) atoms. The van der Waals surface area contributed by atoms with Gasteiger partial charge in [0.2, 0.25) is 0 Å². The molecule has 1 rings (SSSR count). The minimum Gasteiger partial charge on any atom is -0.316 e. The van der Waals surface area contributed by atoms with E-state index >= 15 is 0 Å². The zero-order valence-electron chi connectivity index (χ0n) is 4.28. The zero-order valence-corrected chi connectivity index (χ0v) is 5.04. The Bertz CT molecular complexity index is 50.0. The molecule has 0 aromatic rings. The Morgan fingerprint density at radius 2 is 2.57 bits per heavy atom. The molecule has 1 nitrogen and oxygen atoms in total. The van der Waals surface area contributed by atoms with Gasteiger partial charge in [-0.3, -0.25) is 0 Å². The van der Waals surface area contributed by atoms with Gasteiger partial charge in [-0.05, 0) is 25.4 Å². The molecule has 0 bridgehead atoms. The molecule has 42 valence electrons. The molecule has 0 saturated carbocycles. The third kappa shape index (κ3) is 1.32. The summed E-state index contributed by atoms with van der Waals surface area (Å²) in [6, 6.07) is 0. The van der Waals surface area contributed by atoms with Crippen LogP contribution in [0.15, 0.2) is 0 Å². The van der Waals surface area contributed by atoms with Gasteiger partial charge in [0.05, 0.1) is 0 Å². The van der Waals surface area contributed by atoms with Crippen LogP contribution in [-0.4, -0.2) is 19.0 Å². The van der Waals surface area contributed by atoms with Crippen molar-refractivity contribution in [2.75, 3.05) is 19.0 Å². The fourth-order valence-corrected chi connectivity index (χ4v) is 1.11. The van der Waals surface area contributed by atoms with Crippen molar-refractivity contribution in [1.82, 2.24) is 5.32 Å². The lowest BCUT2D eigenvalue weighted by Crippen LogP contribution is -2.09. The second kappa shape index (κ2) is 2.53. The number of rotatable bonds is 1. The number of hydrogen-bond donors (Lipinski definition) is 1. The maximum Gasteiger partial charge on any atom is 0.0264 e. The summed E-state index contributed by atoms with van der Waals surface area (Å²) in [6.07, 6.45) is 1.27. The van der Waals surface area contributed by atoms with Crippen LogP contribution in [-0.2, 0) is 0 Å². The van der Waals surface area contributed by atoms with Crippen molar-refractivity contribution < 1.29 is 0 Å². The second-order valence-corrected chi connectivity index (χ2v) is 2.32. The van der Waals surface area contributed by atoms with E-state index in [9.17, 15) is 0 Å². The van der Waals surface area contributed by atoms with E-state index in [1.54, 1.807) is 0 Å². The average Bonchev–Trinajstić information content (AvgIpc) is 2.14. The van der Waals surface area contributed by atoms with Gasteiger partial charge in [0, 0.05) is 5.88 Å². The largest absolute Gasteiger partial charge is 0.316 e. The van der Waals surface area contributed by atoms with Crippen molar-refractivity contribution in [1.29, 1.82) is 0 Å². The van der Waals surface area contributed by atoms with Crippen molar-refractivity contribution >= 4 is 11.6 Å². The Kier molecular flexibility index (Phi) is 1.95. The van der Waals surface area contributed by atoms with Crippen LogP contribution in [0.25, 0.3) is 0 Å². The molecule has 0 amide bonds. The van der Waals surface area contributed by atoms with Crippen LogP contribution in [0.1, 0.15) is 6.42 Å². The first kappa shape index (κ1) is 5.39. The van der Waals surface area contributed by atoms with E-state index in [1.165, 1.54) is 6.42 Å². The monoisotopic (exact) mass is 119 g/mol. The summed E-state index contributed by atoms with van der Waals surface area (Å²) in [6.45, 7) is 2.29. The standard InChI is InChI=1S/C5H10ClN/c6-3-5-1-2-7-4-5/h5,7H,1-4H2/t5-/m1/s1. The topological polar surface area (TPSA) is 12.0 Å². The molecule has 0 aromatic heterocycles. The summed E-state index contributed by atoms with van der Waals surface area (Å²) < 4.78 is 0. The molecule has 0 aromatic carbocycles.